The molecule has 0 bridgehead atoms. The number of fused-ring (bicyclic) bond motifs is 1. The molecular formula is C21H22F3N3O4. The molecule has 2 fully saturated rings. The Morgan fingerprint density at radius 3 is 2.71 bits per heavy atom. The first-order chi connectivity index (χ1) is 14.9. The van der Waals surface area contributed by atoms with E-state index in [-0.39, 0.29) is 41.5 Å². The van der Waals surface area contributed by atoms with Crippen molar-refractivity contribution in [3.8, 4) is 5.75 Å². The van der Waals surface area contributed by atoms with Crippen molar-refractivity contribution in [2.75, 3.05) is 31.4 Å². The molecule has 0 atom stereocenters. The van der Waals surface area contributed by atoms with Crippen LogP contribution in [0.15, 0.2) is 28.5 Å². The number of ether oxygens (including phenoxy) is 1. The summed E-state index contributed by atoms with van der Waals surface area (Å²) in [5.41, 5.74) is 4.52. The van der Waals surface area contributed by atoms with Gasteiger partial charge in [0, 0.05) is 31.9 Å². The molecule has 2 aliphatic rings. The standard InChI is InChI=1S/C21H22F3N3O4/c22-10-31-20-17-13(19(28)14(21(29)30)9-27(17)12-3-4-12)6-15(23)18(20)26-5-1-2-11(8-26)16(24)7-25/h6,9,12H,1-5,7-8,10,25H2,(H,29,30)/b16-11-. The number of alkyl halides is 1. The number of benzene rings is 1. The molecule has 31 heavy (non-hydrogen) atoms. The number of pyridine rings is 1. The number of piperidine rings is 1. The summed E-state index contributed by atoms with van der Waals surface area (Å²) in [7, 11) is 0. The third-order valence-corrected chi connectivity index (χ3v) is 5.74. The molecule has 10 heteroatoms. The molecule has 166 valence electrons. The van der Waals surface area contributed by atoms with Crippen molar-refractivity contribution in [1.82, 2.24) is 4.57 Å². The number of nitrogens with zero attached hydrogens (tertiary/aromatic N) is 2. The van der Waals surface area contributed by atoms with Crippen molar-refractivity contribution >= 4 is 22.6 Å². The van der Waals surface area contributed by atoms with E-state index in [4.69, 9.17) is 10.5 Å². The Morgan fingerprint density at radius 2 is 2.10 bits per heavy atom. The Bertz CT molecular complexity index is 1140. The van der Waals surface area contributed by atoms with Crippen LogP contribution in [-0.4, -0.2) is 42.1 Å². The Balaban J connectivity index is 1.99. The monoisotopic (exact) mass is 437 g/mol. The lowest BCUT2D eigenvalue weighted by Gasteiger charge is -2.33. The number of carbonyl (C=O) groups is 1. The van der Waals surface area contributed by atoms with E-state index in [1.165, 1.54) is 6.20 Å². The first-order valence-corrected chi connectivity index (χ1v) is 10.0. The molecule has 7 nitrogen and oxygen atoms in total. The Morgan fingerprint density at radius 1 is 1.35 bits per heavy atom. The predicted molar refractivity (Wildman–Crippen MR) is 109 cm³/mol. The first-order valence-electron chi connectivity index (χ1n) is 10.0. The maximum atomic E-state index is 15.3. The topological polar surface area (TPSA) is 97.8 Å². The minimum Gasteiger partial charge on any atom is -0.477 e. The summed E-state index contributed by atoms with van der Waals surface area (Å²) in [6.45, 7) is -1.13. The quantitative estimate of drug-likeness (QED) is 0.720. The van der Waals surface area contributed by atoms with Crippen LogP contribution in [0.2, 0.25) is 0 Å². The summed E-state index contributed by atoms with van der Waals surface area (Å²) >= 11 is 0. The van der Waals surface area contributed by atoms with Gasteiger partial charge < -0.3 is 25.0 Å². The lowest BCUT2D eigenvalue weighted by atomic mass is 10.0. The van der Waals surface area contributed by atoms with Crippen molar-refractivity contribution in [3.05, 3.63) is 45.3 Å². The zero-order valence-electron chi connectivity index (χ0n) is 16.7. The van der Waals surface area contributed by atoms with E-state index in [1.807, 2.05) is 0 Å². The number of hydrogen-bond donors (Lipinski definition) is 2. The van der Waals surface area contributed by atoms with Crippen molar-refractivity contribution in [2.24, 2.45) is 5.73 Å². The van der Waals surface area contributed by atoms with Gasteiger partial charge in [-0.25, -0.2) is 18.0 Å². The van der Waals surface area contributed by atoms with E-state index in [1.54, 1.807) is 9.47 Å². The lowest BCUT2D eigenvalue weighted by molar-refractivity contribution is 0.0694. The van der Waals surface area contributed by atoms with E-state index in [2.05, 4.69) is 0 Å². The Kier molecular flexibility index (Phi) is 5.65. The third-order valence-electron chi connectivity index (χ3n) is 5.74. The van der Waals surface area contributed by atoms with Crippen molar-refractivity contribution in [2.45, 2.75) is 31.7 Å². The van der Waals surface area contributed by atoms with Crippen molar-refractivity contribution in [1.29, 1.82) is 0 Å². The van der Waals surface area contributed by atoms with Crippen LogP contribution >= 0.6 is 0 Å². The number of aromatic nitrogens is 1. The minimum absolute atomic E-state index is 0.0506. The second kappa shape index (κ2) is 8.26. The maximum Gasteiger partial charge on any atom is 0.341 e. The minimum atomic E-state index is -1.43. The highest BCUT2D eigenvalue weighted by molar-refractivity contribution is 5.97. The summed E-state index contributed by atoms with van der Waals surface area (Å²) in [4.78, 5) is 25.8. The average molecular weight is 437 g/mol. The van der Waals surface area contributed by atoms with Gasteiger partial charge in [-0.05, 0) is 37.3 Å². The molecule has 0 radical (unpaired) electrons. The van der Waals surface area contributed by atoms with Gasteiger partial charge in [0.25, 0.3) is 0 Å². The molecule has 2 aromatic rings. The van der Waals surface area contributed by atoms with Crippen molar-refractivity contribution in [3.63, 3.8) is 0 Å². The first kappa shape index (κ1) is 21.2. The molecular weight excluding hydrogens is 415 g/mol. The van der Waals surface area contributed by atoms with Crippen LogP contribution in [0.1, 0.15) is 42.1 Å². The van der Waals surface area contributed by atoms with Gasteiger partial charge in [-0.15, -0.1) is 0 Å². The highest BCUT2D eigenvalue weighted by Crippen LogP contribution is 2.44. The number of rotatable bonds is 6. The van der Waals surface area contributed by atoms with Gasteiger partial charge in [0.1, 0.15) is 17.1 Å². The molecule has 0 unspecified atom stereocenters. The molecule has 1 aromatic carbocycles. The summed E-state index contributed by atoms with van der Waals surface area (Å²) in [5, 5.41) is 9.20. The molecule has 0 amide bonds. The van der Waals surface area contributed by atoms with Crippen LogP contribution in [0.25, 0.3) is 10.9 Å². The fourth-order valence-corrected chi connectivity index (χ4v) is 4.15. The highest BCUT2D eigenvalue weighted by atomic mass is 19.1. The predicted octanol–water partition coefficient (Wildman–Crippen LogP) is 3.26. The van der Waals surface area contributed by atoms with Gasteiger partial charge in [0.2, 0.25) is 12.3 Å². The highest BCUT2D eigenvalue weighted by Gasteiger charge is 2.32. The Labute approximate surface area is 175 Å². The van der Waals surface area contributed by atoms with Crippen LogP contribution in [0.4, 0.5) is 18.9 Å². The van der Waals surface area contributed by atoms with Crippen LogP contribution in [0.3, 0.4) is 0 Å². The van der Waals surface area contributed by atoms with E-state index >= 15 is 4.39 Å². The summed E-state index contributed by atoms with van der Waals surface area (Å²) in [5.74, 6) is -2.96. The molecule has 4 rings (SSSR count). The van der Waals surface area contributed by atoms with E-state index in [0.29, 0.717) is 25.0 Å². The van der Waals surface area contributed by atoms with Crippen LogP contribution in [0.5, 0.6) is 5.75 Å². The zero-order chi connectivity index (χ0) is 22.3. The molecule has 1 saturated heterocycles. The van der Waals surface area contributed by atoms with E-state index in [9.17, 15) is 23.5 Å². The molecule has 1 aliphatic heterocycles. The van der Waals surface area contributed by atoms with Gasteiger partial charge in [-0.2, -0.15) is 0 Å². The number of carboxylic acid groups (broad SMARTS) is 1. The molecule has 0 spiro atoms. The molecule has 2 heterocycles. The lowest BCUT2D eigenvalue weighted by Crippen LogP contribution is -2.33. The number of nitrogens with two attached hydrogens (primary N) is 1. The van der Waals surface area contributed by atoms with Gasteiger partial charge in [0.15, 0.2) is 11.6 Å². The zero-order valence-corrected chi connectivity index (χ0v) is 16.7. The number of aromatic carboxylic acids is 1. The number of anilines is 1. The molecule has 1 aliphatic carbocycles. The number of carboxylic acids is 1. The van der Waals surface area contributed by atoms with Crippen LogP contribution < -0.4 is 20.8 Å². The van der Waals surface area contributed by atoms with Gasteiger partial charge in [-0.3, -0.25) is 4.79 Å². The normalized spacial score (nSPS) is 18.4. The van der Waals surface area contributed by atoms with Gasteiger partial charge >= 0.3 is 5.97 Å². The van der Waals surface area contributed by atoms with Crippen LogP contribution in [0, 0.1) is 5.82 Å². The Hall–Kier alpha value is -3.01. The largest absolute Gasteiger partial charge is 0.477 e. The smallest absolute Gasteiger partial charge is 0.341 e. The van der Waals surface area contributed by atoms with Gasteiger partial charge in [-0.1, -0.05) is 0 Å². The fourth-order valence-electron chi connectivity index (χ4n) is 4.15. The third kappa shape index (κ3) is 3.76. The van der Waals surface area contributed by atoms with Crippen LogP contribution in [-0.2, 0) is 0 Å². The summed E-state index contributed by atoms with van der Waals surface area (Å²) in [6.07, 6.45) is 3.67. The number of halogens is 3. The molecule has 1 saturated carbocycles. The SMILES string of the molecule is NC/C(F)=C1\CCCN(c2c(F)cc3c(=O)c(C(=O)O)cn(C4CC4)c3c2OCF)C1. The summed E-state index contributed by atoms with van der Waals surface area (Å²) in [6, 6.07) is 0.855. The summed E-state index contributed by atoms with van der Waals surface area (Å²) < 4.78 is 49.5. The maximum absolute atomic E-state index is 15.3. The van der Waals surface area contributed by atoms with E-state index in [0.717, 1.165) is 18.9 Å². The second-order valence-electron chi connectivity index (χ2n) is 7.74. The van der Waals surface area contributed by atoms with Gasteiger partial charge in [0.05, 0.1) is 10.9 Å². The fraction of sp³-hybridized carbons (Fsp3) is 0.429. The second-order valence-corrected chi connectivity index (χ2v) is 7.74. The molecule has 3 N–H and O–H groups in total. The van der Waals surface area contributed by atoms with E-state index < -0.39 is 35.5 Å². The number of hydrogen-bond acceptors (Lipinski definition) is 5. The molecule has 1 aromatic heterocycles. The van der Waals surface area contributed by atoms with Crippen molar-refractivity contribution < 1.29 is 27.8 Å². The average Bonchev–Trinajstić information content (AvgIpc) is 3.59.